The van der Waals surface area contributed by atoms with Crippen molar-refractivity contribution < 1.29 is 9.47 Å². The van der Waals surface area contributed by atoms with Gasteiger partial charge in [0.1, 0.15) is 0 Å². The van der Waals surface area contributed by atoms with Crippen molar-refractivity contribution in [3.8, 4) is 0 Å². The number of ether oxygens (including phenoxy) is 2. The summed E-state index contributed by atoms with van der Waals surface area (Å²) in [6.45, 7) is 13.0. The fourth-order valence-electron chi connectivity index (χ4n) is 2.91. The van der Waals surface area contributed by atoms with Crippen LogP contribution in [-0.4, -0.2) is 54.9 Å². The van der Waals surface area contributed by atoms with E-state index in [2.05, 4.69) is 39.5 Å². The fraction of sp³-hybridized carbons (Fsp3) is 0.933. The summed E-state index contributed by atoms with van der Waals surface area (Å²) in [5, 5.41) is 0. The first kappa shape index (κ1) is 15.6. The van der Waals surface area contributed by atoms with Gasteiger partial charge in [-0.1, -0.05) is 13.8 Å². The molecule has 0 bridgehead atoms. The Morgan fingerprint density at radius 2 is 2.15 bits per heavy atom. The zero-order chi connectivity index (χ0) is 14.9. The maximum atomic E-state index is 6.17. The quantitative estimate of drug-likeness (QED) is 0.631. The molecule has 1 aliphatic heterocycles. The average Bonchev–Trinajstić information content (AvgIpc) is 2.37. The first-order chi connectivity index (χ1) is 9.30. The molecule has 1 saturated carbocycles. The minimum Gasteiger partial charge on any atom is -0.375 e. The molecule has 5 heteroatoms. The van der Waals surface area contributed by atoms with E-state index in [1.807, 2.05) is 0 Å². The van der Waals surface area contributed by atoms with E-state index in [0.29, 0.717) is 5.96 Å². The molecule has 0 aromatic carbocycles. The zero-order valence-electron chi connectivity index (χ0n) is 13.4. The molecule has 0 aromatic rings. The van der Waals surface area contributed by atoms with Crippen LogP contribution in [0.2, 0.25) is 0 Å². The highest BCUT2D eigenvalue weighted by Crippen LogP contribution is 2.45. The van der Waals surface area contributed by atoms with Gasteiger partial charge in [0.2, 0.25) is 0 Å². The van der Waals surface area contributed by atoms with Gasteiger partial charge in [0.15, 0.2) is 5.96 Å². The molecule has 3 unspecified atom stereocenters. The normalized spacial score (nSPS) is 34.2. The standard InChI is InChI=1S/C15H29N3O2/c1-10(2)20-13-8-12(15(13,4)5)17-14(16)18-6-7-19-11(3)9-18/h10-13H,6-9H2,1-5H3,(H2,16,17). The van der Waals surface area contributed by atoms with Crippen LogP contribution < -0.4 is 5.73 Å². The Balaban J connectivity index is 1.94. The van der Waals surface area contributed by atoms with Crippen LogP contribution in [0, 0.1) is 5.41 Å². The molecule has 2 aliphatic rings. The van der Waals surface area contributed by atoms with Gasteiger partial charge in [-0.05, 0) is 27.2 Å². The highest BCUT2D eigenvalue weighted by atomic mass is 16.5. The molecule has 2 rings (SSSR count). The number of rotatable bonds is 3. The second kappa shape index (κ2) is 5.90. The highest BCUT2D eigenvalue weighted by Gasteiger charge is 2.49. The van der Waals surface area contributed by atoms with Crippen LogP contribution in [-0.2, 0) is 9.47 Å². The molecule has 116 valence electrons. The Hall–Kier alpha value is -0.810. The summed E-state index contributed by atoms with van der Waals surface area (Å²) in [4.78, 5) is 6.86. The number of hydrogen-bond acceptors (Lipinski definition) is 3. The van der Waals surface area contributed by atoms with E-state index >= 15 is 0 Å². The second-order valence-corrected chi connectivity index (χ2v) is 6.86. The van der Waals surface area contributed by atoms with Crippen molar-refractivity contribution in [1.29, 1.82) is 0 Å². The maximum absolute atomic E-state index is 6.17. The van der Waals surface area contributed by atoms with Crippen molar-refractivity contribution in [2.45, 2.75) is 65.4 Å². The second-order valence-electron chi connectivity index (χ2n) is 6.86. The Labute approximate surface area is 122 Å². The van der Waals surface area contributed by atoms with Gasteiger partial charge in [-0.2, -0.15) is 0 Å². The van der Waals surface area contributed by atoms with Crippen molar-refractivity contribution in [3.05, 3.63) is 0 Å². The number of aliphatic imine (C=N–C) groups is 1. The topological polar surface area (TPSA) is 60.1 Å². The summed E-state index contributed by atoms with van der Waals surface area (Å²) in [7, 11) is 0. The summed E-state index contributed by atoms with van der Waals surface area (Å²) in [6.07, 6.45) is 1.74. The summed E-state index contributed by atoms with van der Waals surface area (Å²) in [6, 6.07) is 0.254. The summed E-state index contributed by atoms with van der Waals surface area (Å²) in [5.74, 6) is 0.654. The van der Waals surface area contributed by atoms with Crippen LogP contribution >= 0.6 is 0 Å². The molecular weight excluding hydrogens is 254 g/mol. The van der Waals surface area contributed by atoms with Crippen molar-refractivity contribution in [2.24, 2.45) is 16.1 Å². The summed E-state index contributed by atoms with van der Waals surface area (Å²) in [5.41, 5.74) is 6.23. The first-order valence-corrected chi connectivity index (χ1v) is 7.66. The third kappa shape index (κ3) is 3.26. The van der Waals surface area contributed by atoms with E-state index in [0.717, 1.165) is 26.1 Å². The number of guanidine groups is 1. The molecular formula is C15H29N3O2. The molecule has 1 heterocycles. The van der Waals surface area contributed by atoms with E-state index in [4.69, 9.17) is 20.2 Å². The van der Waals surface area contributed by atoms with Gasteiger partial charge in [0, 0.05) is 18.5 Å². The van der Waals surface area contributed by atoms with Gasteiger partial charge in [-0.15, -0.1) is 0 Å². The minimum atomic E-state index is 0.0623. The Bertz CT molecular complexity index is 368. The lowest BCUT2D eigenvalue weighted by Gasteiger charge is -2.50. The zero-order valence-corrected chi connectivity index (χ0v) is 13.4. The molecule has 1 saturated heterocycles. The average molecular weight is 283 g/mol. The van der Waals surface area contributed by atoms with E-state index in [1.165, 1.54) is 0 Å². The lowest BCUT2D eigenvalue weighted by Crippen LogP contribution is -2.56. The number of morpholine rings is 1. The van der Waals surface area contributed by atoms with Gasteiger partial charge in [0.25, 0.3) is 0 Å². The predicted molar refractivity (Wildman–Crippen MR) is 80.8 cm³/mol. The molecule has 3 atom stereocenters. The van der Waals surface area contributed by atoms with Gasteiger partial charge < -0.3 is 20.1 Å². The van der Waals surface area contributed by atoms with E-state index in [-0.39, 0.29) is 29.8 Å². The molecule has 20 heavy (non-hydrogen) atoms. The maximum Gasteiger partial charge on any atom is 0.191 e. The van der Waals surface area contributed by atoms with Crippen LogP contribution in [0.3, 0.4) is 0 Å². The van der Waals surface area contributed by atoms with Crippen LogP contribution in [0.25, 0.3) is 0 Å². The number of hydrogen-bond donors (Lipinski definition) is 1. The van der Waals surface area contributed by atoms with E-state index < -0.39 is 0 Å². The van der Waals surface area contributed by atoms with Crippen LogP contribution in [0.5, 0.6) is 0 Å². The van der Waals surface area contributed by atoms with Crippen molar-refractivity contribution in [1.82, 2.24) is 4.90 Å². The predicted octanol–water partition coefficient (Wildman–Crippen LogP) is 1.61. The van der Waals surface area contributed by atoms with Crippen molar-refractivity contribution in [2.75, 3.05) is 19.7 Å². The van der Waals surface area contributed by atoms with Gasteiger partial charge >= 0.3 is 0 Å². The fourth-order valence-corrected chi connectivity index (χ4v) is 2.91. The number of nitrogens with two attached hydrogens (primary N) is 1. The lowest BCUT2D eigenvalue weighted by molar-refractivity contribution is -0.129. The van der Waals surface area contributed by atoms with Crippen molar-refractivity contribution in [3.63, 3.8) is 0 Å². The van der Waals surface area contributed by atoms with Crippen LogP contribution in [0.4, 0.5) is 0 Å². The molecule has 0 spiro atoms. The SMILES string of the molecule is CC(C)OC1CC(N=C(N)N2CCOC(C)C2)C1(C)C. The molecule has 2 N–H and O–H groups in total. The van der Waals surface area contributed by atoms with E-state index in [9.17, 15) is 0 Å². The van der Waals surface area contributed by atoms with Gasteiger partial charge in [-0.3, -0.25) is 0 Å². The van der Waals surface area contributed by atoms with Crippen molar-refractivity contribution >= 4 is 5.96 Å². The third-order valence-electron chi connectivity index (χ3n) is 4.42. The first-order valence-electron chi connectivity index (χ1n) is 7.66. The Morgan fingerprint density at radius 3 is 2.70 bits per heavy atom. The largest absolute Gasteiger partial charge is 0.375 e. The van der Waals surface area contributed by atoms with Crippen LogP contribution in [0.1, 0.15) is 41.0 Å². The molecule has 0 amide bonds. The smallest absolute Gasteiger partial charge is 0.191 e. The summed E-state index contributed by atoms with van der Waals surface area (Å²) < 4.78 is 11.5. The third-order valence-corrected chi connectivity index (χ3v) is 4.42. The monoisotopic (exact) mass is 283 g/mol. The minimum absolute atomic E-state index is 0.0623. The molecule has 2 fully saturated rings. The lowest BCUT2D eigenvalue weighted by atomic mass is 9.64. The van der Waals surface area contributed by atoms with Crippen LogP contribution in [0.15, 0.2) is 4.99 Å². The van der Waals surface area contributed by atoms with Gasteiger partial charge in [0.05, 0.1) is 31.0 Å². The van der Waals surface area contributed by atoms with E-state index in [1.54, 1.807) is 0 Å². The number of nitrogens with zero attached hydrogens (tertiary/aromatic N) is 2. The molecule has 1 aliphatic carbocycles. The van der Waals surface area contributed by atoms with Gasteiger partial charge in [-0.25, -0.2) is 4.99 Å². The molecule has 5 nitrogen and oxygen atoms in total. The Morgan fingerprint density at radius 1 is 1.45 bits per heavy atom. The Kier molecular flexibility index (Phi) is 4.59. The highest BCUT2D eigenvalue weighted by molar-refractivity contribution is 5.78. The summed E-state index contributed by atoms with van der Waals surface area (Å²) >= 11 is 0. The molecule has 0 radical (unpaired) electrons. The molecule has 0 aromatic heterocycles.